The summed E-state index contributed by atoms with van der Waals surface area (Å²) in [6.45, 7) is 2.87. The predicted molar refractivity (Wildman–Crippen MR) is 89.7 cm³/mol. The Kier molecular flexibility index (Phi) is 4.63. The molecule has 1 fully saturated rings. The van der Waals surface area contributed by atoms with Crippen molar-refractivity contribution in [1.82, 2.24) is 19.9 Å². The van der Waals surface area contributed by atoms with Crippen LogP contribution >= 0.6 is 0 Å². The summed E-state index contributed by atoms with van der Waals surface area (Å²) in [5.41, 5.74) is -0.0821. The molecule has 0 spiro atoms. The van der Waals surface area contributed by atoms with Gasteiger partial charge in [0.1, 0.15) is 22.9 Å². The summed E-state index contributed by atoms with van der Waals surface area (Å²) in [5.74, 6) is -0.0854. The minimum atomic E-state index is -1.06. The van der Waals surface area contributed by atoms with Gasteiger partial charge < -0.3 is 14.9 Å². The minimum absolute atomic E-state index is 0.166. The van der Waals surface area contributed by atoms with Gasteiger partial charge in [-0.15, -0.1) is 0 Å². The van der Waals surface area contributed by atoms with E-state index < -0.39 is 11.4 Å². The molecule has 1 N–H and O–H groups in total. The number of aromatic nitrogens is 3. The number of hydrogen-bond acceptors (Lipinski definition) is 6. The first-order valence-corrected chi connectivity index (χ1v) is 7.99. The van der Waals surface area contributed by atoms with E-state index in [9.17, 15) is 14.3 Å². The molecule has 1 aliphatic heterocycles. The van der Waals surface area contributed by atoms with Crippen LogP contribution in [0.5, 0.6) is 0 Å². The van der Waals surface area contributed by atoms with Crippen LogP contribution in [0.3, 0.4) is 0 Å². The van der Waals surface area contributed by atoms with Crippen molar-refractivity contribution in [3.8, 4) is 0 Å². The molecule has 2 aromatic rings. The van der Waals surface area contributed by atoms with Gasteiger partial charge >= 0.3 is 0 Å². The Morgan fingerprint density at radius 2 is 2.12 bits per heavy atom. The van der Waals surface area contributed by atoms with Crippen molar-refractivity contribution in [2.45, 2.75) is 18.9 Å². The first-order valence-electron chi connectivity index (χ1n) is 7.99. The molecule has 8 heteroatoms. The third-order valence-corrected chi connectivity index (χ3v) is 4.25. The fourth-order valence-electron chi connectivity index (χ4n) is 2.95. The fourth-order valence-corrected chi connectivity index (χ4v) is 2.95. The standard InChI is InChI=1S/C17H20FN5O2/c1-12-7-20-14(9-19-12)16(24)22(2)10-17(25)5-6-23(11-17)15-4-3-13(18)8-21-15/h3-4,7-9,25H,5-6,10-11H2,1-2H3/t17-/m1/s1. The molecule has 1 saturated heterocycles. The van der Waals surface area contributed by atoms with Crippen molar-refractivity contribution >= 4 is 11.7 Å². The molecule has 0 unspecified atom stereocenters. The maximum atomic E-state index is 13.0. The lowest BCUT2D eigenvalue weighted by Crippen LogP contribution is -2.46. The number of aliphatic hydroxyl groups is 1. The van der Waals surface area contributed by atoms with E-state index in [-0.39, 0.29) is 18.1 Å². The number of rotatable bonds is 4. The monoisotopic (exact) mass is 345 g/mol. The molecule has 0 aromatic carbocycles. The topological polar surface area (TPSA) is 82.5 Å². The number of hydrogen-bond donors (Lipinski definition) is 1. The van der Waals surface area contributed by atoms with Crippen LogP contribution in [0, 0.1) is 12.7 Å². The Morgan fingerprint density at radius 3 is 2.76 bits per heavy atom. The van der Waals surface area contributed by atoms with E-state index in [0.29, 0.717) is 25.3 Å². The molecule has 1 amide bonds. The highest BCUT2D eigenvalue weighted by Crippen LogP contribution is 2.26. The highest BCUT2D eigenvalue weighted by molar-refractivity contribution is 5.91. The summed E-state index contributed by atoms with van der Waals surface area (Å²) < 4.78 is 13.0. The SMILES string of the molecule is Cc1cnc(C(=O)N(C)C[C@]2(O)CCN(c3ccc(F)cn3)C2)cn1. The summed E-state index contributed by atoms with van der Waals surface area (Å²) >= 11 is 0. The third kappa shape index (κ3) is 3.90. The molecule has 7 nitrogen and oxygen atoms in total. The Morgan fingerprint density at radius 1 is 1.32 bits per heavy atom. The van der Waals surface area contributed by atoms with E-state index in [1.165, 1.54) is 23.4 Å². The molecule has 2 aromatic heterocycles. The number of carbonyl (C=O) groups is 1. The quantitative estimate of drug-likeness (QED) is 0.891. The Labute approximate surface area is 145 Å². The van der Waals surface area contributed by atoms with E-state index in [0.717, 1.165) is 11.9 Å². The second-order valence-corrected chi connectivity index (χ2v) is 6.43. The third-order valence-electron chi connectivity index (χ3n) is 4.25. The van der Waals surface area contributed by atoms with Crippen LogP contribution in [0.15, 0.2) is 30.7 Å². The first kappa shape index (κ1) is 17.2. The Bertz CT molecular complexity index is 753. The van der Waals surface area contributed by atoms with Crippen molar-refractivity contribution in [3.05, 3.63) is 47.9 Å². The lowest BCUT2D eigenvalue weighted by molar-refractivity contribution is 0.0261. The zero-order valence-electron chi connectivity index (χ0n) is 14.2. The number of nitrogens with zero attached hydrogens (tertiary/aromatic N) is 5. The van der Waals surface area contributed by atoms with Gasteiger partial charge in [0.15, 0.2) is 0 Å². The summed E-state index contributed by atoms with van der Waals surface area (Å²) in [4.78, 5) is 27.9. The minimum Gasteiger partial charge on any atom is -0.386 e. The van der Waals surface area contributed by atoms with Crippen molar-refractivity contribution in [2.24, 2.45) is 0 Å². The van der Waals surface area contributed by atoms with Crippen LogP contribution in [-0.4, -0.2) is 63.1 Å². The van der Waals surface area contributed by atoms with Crippen molar-refractivity contribution in [2.75, 3.05) is 31.6 Å². The van der Waals surface area contributed by atoms with E-state index in [1.807, 2.05) is 4.90 Å². The molecule has 1 aliphatic rings. The van der Waals surface area contributed by atoms with Crippen LogP contribution in [0.1, 0.15) is 22.6 Å². The lowest BCUT2D eigenvalue weighted by atomic mass is 10.0. The average molecular weight is 345 g/mol. The van der Waals surface area contributed by atoms with Crippen LogP contribution < -0.4 is 4.90 Å². The summed E-state index contributed by atoms with van der Waals surface area (Å²) in [6, 6.07) is 2.92. The highest BCUT2D eigenvalue weighted by atomic mass is 19.1. The van der Waals surface area contributed by atoms with Crippen molar-refractivity contribution in [3.63, 3.8) is 0 Å². The fraction of sp³-hybridized carbons (Fsp3) is 0.412. The van der Waals surface area contributed by atoms with Gasteiger partial charge in [-0.2, -0.15) is 0 Å². The van der Waals surface area contributed by atoms with E-state index >= 15 is 0 Å². The summed E-state index contributed by atoms with van der Waals surface area (Å²) in [7, 11) is 1.63. The van der Waals surface area contributed by atoms with Gasteiger partial charge in [-0.05, 0) is 25.5 Å². The smallest absolute Gasteiger partial charge is 0.273 e. The molecule has 0 aliphatic carbocycles. The number of amides is 1. The molecule has 0 saturated carbocycles. The lowest BCUT2D eigenvalue weighted by Gasteiger charge is -2.29. The number of halogens is 1. The maximum absolute atomic E-state index is 13.0. The molecule has 3 heterocycles. The molecule has 132 valence electrons. The van der Waals surface area contributed by atoms with Crippen LogP contribution in [-0.2, 0) is 0 Å². The van der Waals surface area contributed by atoms with Crippen LogP contribution in [0.25, 0.3) is 0 Å². The summed E-state index contributed by atoms with van der Waals surface area (Å²) in [5, 5.41) is 10.8. The van der Waals surface area contributed by atoms with Crippen molar-refractivity contribution in [1.29, 1.82) is 0 Å². The van der Waals surface area contributed by atoms with Gasteiger partial charge in [0.05, 0.1) is 24.6 Å². The van der Waals surface area contributed by atoms with E-state index in [2.05, 4.69) is 15.0 Å². The molecular weight excluding hydrogens is 325 g/mol. The zero-order valence-corrected chi connectivity index (χ0v) is 14.2. The van der Waals surface area contributed by atoms with Gasteiger partial charge in [0.25, 0.3) is 5.91 Å². The maximum Gasteiger partial charge on any atom is 0.273 e. The Hall–Kier alpha value is -2.61. The molecular formula is C17H20FN5O2. The predicted octanol–water partition coefficient (Wildman–Crippen LogP) is 1.03. The normalized spacial score (nSPS) is 19.9. The van der Waals surface area contributed by atoms with Crippen molar-refractivity contribution < 1.29 is 14.3 Å². The summed E-state index contributed by atoms with van der Waals surface area (Å²) in [6.07, 6.45) is 4.61. The second-order valence-electron chi connectivity index (χ2n) is 6.43. The molecule has 0 radical (unpaired) electrons. The van der Waals surface area contributed by atoms with Crippen LogP contribution in [0.2, 0.25) is 0 Å². The largest absolute Gasteiger partial charge is 0.386 e. The van der Waals surface area contributed by atoms with Gasteiger partial charge in [-0.1, -0.05) is 0 Å². The van der Waals surface area contributed by atoms with E-state index in [4.69, 9.17) is 0 Å². The highest BCUT2D eigenvalue weighted by Gasteiger charge is 2.38. The number of β-amino-alcohol motifs (C(OH)–C–C–N with tert-alkyl or cyclic N) is 1. The number of pyridine rings is 1. The molecule has 3 rings (SSSR count). The molecule has 0 bridgehead atoms. The van der Waals surface area contributed by atoms with Gasteiger partial charge in [-0.3, -0.25) is 9.78 Å². The van der Waals surface area contributed by atoms with Gasteiger partial charge in [0, 0.05) is 26.3 Å². The van der Waals surface area contributed by atoms with Gasteiger partial charge in [0.2, 0.25) is 0 Å². The molecule has 1 atom stereocenters. The number of likely N-dealkylation sites (N-methyl/N-ethyl adjacent to an activating group) is 1. The van der Waals surface area contributed by atoms with Gasteiger partial charge in [-0.25, -0.2) is 14.4 Å². The number of aryl methyl sites for hydroxylation is 1. The van der Waals surface area contributed by atoms with Crippen LogP contribution in [0.4, 0.5) is 10.2 Å². The zero-order chi connectivity index (χ0) is 18.0. The number of carbonyl (C=O) groups excluding carboxylic acids is 1. The molecule has 25 heavy (non-hydrogen) atoms. The average Bonchev–Trinajstić information content (AvgIpc) is 2.97. The Balaban J connectivity index is 1.64. The first-order chi connectivity index (χ1) is 11.9. The number of anilines is 1. The second kappa shape index (κ2) is 6.72. The van der Waals surface area contributed by atoms with E-state index in [1.54, 1.807) is 20.0 Å².